The van der Waals surface area contributed by atoms with Crippen LogP contribution in [0.5, 0.6) is 0 Å². The average molecular weight is 213 g/mol. The maximum atomic E-state index is 13.3. The normalized spacial score (nSPS) is 10.4. The molecule has 0 fully saturated rings. The van der Waals surface area contributed by atoms with Gasteiger partial charge in [0.1, 0.15) is 5.82 Å². The lowest BCUT2D eigenvalue weighted by molar-refractivity contribution is 0.602. The summed E-state index contributed by atoms with van der Waals surface area (Å²) in [6.07, 6.45) is 3.55. The molecule has 1 aromatic carbocycles. The van der Waals surface area contributed by atoms with E-state index in [0.29, 0.717) is 10.6 Å². The highest BCUT2D eigenvalue weighted by atomic mass is 32.2. The van der Waals surface area contributed by atoms with E-state index in [1.54, 1.807) is 23.9 Å². The molecule has 78 valence electrons. The number of nitrogen functional groups attached to an aromatic ring is 1. The standard InChI is InChI=1S/C11H16FNS/c1-2-3-4-7-14-11-6-5-9(13)8-10(11)12/h5-6,8H,2-4,7,13H2,1H3. The largest absolute Gasteiger partial charge is 0.399 e. The third-order valence-corrected chi connectivity index (χ3v) is 3.10. The Morgan fingerprint density at radius 1 is 1.36 bits per heavy atom. The van der Waals surface area contributed by atoms with E-state index in [1.165, 1.54) is 18.9 Å². The Kier molecular flexibility index (Phi) is 4.80. The van der Waals surface area contributed by atoms with Crippen molar-refractivity contribution in [1.82, 2.24) is 0 Å². The molecular weight excluding hydrogens is 197 g/mol. The first-order valence-corrected chi connectivity index (χ1v) is 5.90. The number of nitrogens with two attached hydrogens (primary N) is 1. The van der Waals surface area contributed by atoms with E-state index in [0.717, 1.165) is 12.2 Å². The lowest BCUT2D eigenvalue weighted by Crippen LogP contribution is -1.89. The van der Waals surface area contributed by atoms with Gasteiger partial charge in [0.05, 0.1) is 0 Å². The van der Waals surface area contributed by atoms with Gasteiger partial charge < -0.3 is 5.73 Å². The molecule has 1 nitrogen and oxygen atoms in total. The Labute approximate surface area is 88.9 Å². The summed E-state index contributed by atoms with van der Waals surface area (Å²) in [7, 11) is 0. The van der Waals surface area contributed by atoms with Crippen LogP contribution >= 0.6 is 11.8 Å². The van der Waals surface area contributed by atoms with Gasteiger partial charge in [-0.3, -0.25) is 0 Å². The zero-order chi connectivity index (χ0) is 10.4. The maximum Gasteiger partial charge on any atom is 0.138 e. The van der Waals surface area contributed by atoms with Crippen LogP contribution in [-0.4, -0.2) is 5.75 Å². The predicted molar refractivity (Wildman–Crippen MR) is 61.1 cm³/mol. The number of thioether (sulfide) groups is 1. The van der Waals surface area contributed by atoms with Crippen molar-refractivity contribution in [2.45, 2.75) is 31.1 Å². The van der Waals surface area contributed by atoms with Gasteiger partial charge >= 0.3 is 0 Å². The Morgan fingerprint density at radius 3 is 2.79 bits per heavy atom. The number of benzene rings is 1. The zero-order valence-corrected chi connectivity index (χ0v) is 9.24. The van der Waals surface area contributed by atoms with E-state index in [4.69, 9.17) is 5.73 Å². The van der Waals surface area contributed by atoms with Crippen molar-refractivity contribution in [2.75, 3.05) is 11.5 Å². The number of rotatable bonds is 5. The molecule has 1 rings (SSSR count). The monoisotopic (exact) mass is 213 g/mol. The van der Waals surface area contributed by atoms with Crippen molar-refractivity contribution in [2.24, 2.45) is 0 Å². The Morgan fingerprint density at radius 2 is 2.14 bits per heavy atom. The third-order valence-electron chi connectivity index (χ3n) is 1.96. The zero-order valence-electron chi connectivity index (χ0n) is 8.42. The van der Waals surface area contributed by atoms with Crippen LogP contribution in [0.25, 0.3) is 0 Å². The molecule has 0 bridgehead atoms. The first-order valence-electron chi connectivity index (χ1n) is 4.92. The number of anilines is 1. The maximum absolute atomic E-state index is 13.3. The van der Waals surface area contributed by atoms with Crippen molar-refractivity contribution in [3.8, 4) is 0 Å². The predicted octanol–water partition coefficient (Wildman–Crippen LogP) is 3.69. The Bertz CT molecular complexity index is 289. The lowest BCUT2D eigenvalue weighted by Gasteiger charge is -2.03. The van der Waals surface area contributed by atoms with Crippen LogP contribution < -0.4 is 5.73 Å². The summed E-state index contributed by atoms with van der Waals surface area (Å²) in [5, 5.41) is 0. The summed E-state index contributed by atoms with van der Waals surface area (Å²) in [6.45, 7) is 2.16. The molecule has 0 saturated carbocycles. The fraction of sp³-hybridized carbons (Fsp3) is 0.455. The van der Waals surface area contributed by atoms with Gasteiger partial charge in [0.15, 0.2) is 0 Å². The molecule has 1 aromatic rings. The van der Waals surface area contributed by atoms with Crippen LogP contribution in [0, 0.1) is 5.82 Å². The first kappa shape index (κ1) is 11.4. The molecule has 0 saturated heterocycles. The molecule has 0 heterocycles. The number of unbranched alkanes of at least 4 members (excludes halogenated alkanes) is 2. The van der Waals surface area contributed by atoms with Crippen molar-refractivity contribution in [3.05, 3.63) is 24.0 Å². The van der Waals surface area contributed by atoms with Gasteiger partial charge in [-0.15, -0.1) is 11.8 Å². The van der Waals surface area contributed by atoms with E-state index >= 15 is 0 Å². The molecule has 0 aliphatic rings. The molecule has 3 heteroatoms. The van der Waals surface area contributed by atoms with Crippen LogP contribution in [0.4, 0.5) is 10.1 Å². The van der Waals surface area contributed by atoms with Crippen LogP contribution in [0.3, 0.4) is 0 Å². The van der Waals surface area contributed by atoms with E-state index in [9.17, 15) is 4.39 Å². The van der Waals surface area contributed by atoms with Gasteiger partial charge in [0.2, 0.25) is 0 Å². The average Bonchev–Trinajstić information content (AvgIpc) is 2.15. The van der Waals surface area contributed by atoms with Gasteiger partial charge in [0.25, 0.3) is 0 Å². The van der Waals surface area contributed by atoms with E-state index in [1.807, 2.05) is 0 Å². The number of halogens is 1. The number of hydrogen-bond acceptors (Lipinski definition) is 2. The van der Waals surface area contributed by atoms with Crippen molar-refractivity contribution in [3.63, 3.8) is 0 Å². The second-order valence-corrected chi connectivity index (χ2v) is 4.38. The Hall–Kier alpha value is -0.700. The van der Waals surface area contributed by atoms with E-state index < -0.39 is 0 Å². The molecule has 0 amide bonds. The molecule has 0 radical (unpaired) electrons. The summed E-state index contributed by atoms with van der Waals surface area (Å²) >= 11 is 1.57. The molecule has 0 atom stereocenters. The Balaban J connectivity index is 2.42. The van der Waals surface area contributed by atoms with Gasteiger partial charge in [-0.2, -0.15) is 0 Å². The van der Waals surface area contributed by atoms with E-state index in [-0.39, 0.29) is 5.82 Å². The van der Waals surface area contributed by atoms with Crippen LogP contribution in [0.15, 0.2) is 23.1 Å². The van der Waals surface area contributed by atoms with Gasteiger partial charge in [-0.25, -0.2) is 4.39 Å². The quantitative estimate of drug-likeness (QED) is 0.458. The fourth-order valence-electron chi connectivity index (χ4n) is 1.17. The van der Waals surface area contributed by atoms with Crippen LogP contribution in [0.2, 0.25) is 0 Å². The highest BCUT2D eigenvalue weighted by molar-refractivity contribution is 7.99. The molecule has 14 heavy (non-hydrogen) atoms. The molecule has 0 unspecified atom stereocenters. The summed E-state index contributed by atoms with van der Waals surface area (Å²) < 4.78 is 13.3. The number of hydrogen-bond donors (Lipinski definition) is 1. The minimum atomic E-state index is -0.202. The third kappa shape index (κ3) is 3.58. The topological polar surface area (TPSA) is 26.0 Å². The molecular formula is C11H16FNS. The van der Waals surface area contributed by atoms with Crippen LogP contribution in [-0.2, 0) is 0 Å². The summed E-state index contributed by atoms with van der Waals surface area (Å²) in [6, 6.07) is 4.87. The van der Waals surface area contributed by atoms with Gasteiger partial charge in [-0.1, -0.05) is 19.8 Å². The smallest absolute Gasteiger partial charge is 0.138 e. The van der Waals surface area contributed by atoms with E-state index in [2.05, 4.69) is 6.92 Å². The molecule has 0 aliphatic carbocycles. The summed E-state index contributed by atoms with van der Waals surface area (Å²) in [5.41, 5.74) is 5.94. The summed E-state index contributed by atoms with van der Waals surface area (Å²) in [5.74, 6) is 0.779. The highest BCUT2D eigenvalue weighted by Gasteiger charge is 2.02. The SMILES string of the molecule is CCCCCSc1ccc(N)cc1F. The molecule has 0 aliphatic heterocycles. The highest BCUT2D eigenvalue weighted by Crippen LogP contribution is 2.24. The van der Waals surface area contributed by atoms with Crippen molar-refractivity contribution in [1.29, 1.82) is 0 Å². The molecule has 0 aromatic heterocycles. The lowest BCUT2D eigenvalue weighted by atomic mass is 10.3. The fourth-order valence-corrected chi connectivity index (χ4v) is 2.10. The van der Waals surface area contributed by atoms with Gasteiger partial charge in [0, 0.05) is 10.6 Å². The van der Waals surface area contributed by atoms with Crippen LogP contribution in [0.1, 0.15) is 26.2 Å². The minimum Gasteiger partial charge on any atom is -0.399 e. The minimum absolute atomic E-state index is 0.202. The second-order valence-electron chi connectivity index (χ2n) is 3.25. The molecule has 0 spiro atoms. The first-order chi connectivity index (χ1) is 6.74. The van der Waals surface area contributed by atoms with Crippen molar-refractivity contribution >= 4 is 17.4 Å². The second kappa shape index (κ2) is 5.91. The van der Waals surface area contributed by atoms with Gasteiger partial charge in [-0.05, 0) is 30.4 Å². The summed E-state index contributed by atoms with van der Waals surface area (Å²) in [4.78, 5) is 0.704. The molecule has 2 N–H and O–H groups in total. The van der Waals surface area contributed by atoms with Crippen molar-refractivity contribution < 1.29 is 4.39 Å².